The molecule has 0 radical (unpaired) electrons. The first kappa shape index (κ1) is 18.9. The highest BCUT2D eigenvalue weighted by atomic mass is 32.2. The predicted molar refractivity (Wildman–Crippen MR) is 96.3 cm³/mol. The van der Waals surface area contributed by atoms with Gasteiger partial charge in [0, 0.05) is 19.7 Å². The number of hydrogen-bond donors (Lipinski definition) is 1. The Morgan fingerprint density at radius 2 is 2.04 bits per heavy atom. The van der Waals surface area contributed by atoms with E-state index in [4.69, 9.17) is 19.0 Å². The van der Waals surface area contributed by atoms with Gasteiger partial charge in [-0.1, -0.05) is 0 Å². The van der Waals surface area contributed by atoms with Crippen LogP contribution < -0.4 is 9.88 Å². The van der Waals surface area contributed by atoms with Gasteiger partial charge in [-0.25, -0.2) is 13.6 Å². The van der Waals surface area contributed by atoms with Gasteiger partial charge in [0.25, 0.3) is 0 Å². The summed E-state index contributed by atoms with van der Waals surface area (Å²) in [6.07, 6.45) is 4.10. The molecule has 0 aliphatic carbocycles. The first-order chi connectivity index (χ1) is 12.5. The second kappa shape index (κ2) is 8.68. The van der Waals surface area contributed by atoms with E-state index >= 15 is 0 Å². The van der Waals surface area contributed by atoms with Gasteiger partial charge in [0.1, 0.15) is 18.1 Å². The van der Waals surface area contributed by atoms with Crippen LogP contribution in [0.15, 0.2) is 52.0 Å². The minimum absolute atomic E-state index is 0.0719. The molecule has 2 heterocycles. The normalized spacial score (nSPS) is 17.7. The van der Waals surface area contributed by atoms with E-state index in [0.29, 0.717) is 25.4 Å². The molecule has 1 aliphatic rings. The summed E-state index contributed by atoms with van der Waals surface area (Å²) in [4.78, 5) is 2.32. The van der Waals surface area contributed by atoms with Gasteiger partial charge in [0.2, 0.25) is 10.0 Å². The van der Waals surface area contributed by atoms with Crippen molar-refractivity contribution in [2.24, 2.45) is 5.14 Å². The largest absolute Gasteiger partial charge is 0.492 e. The fraction of sp³-hybridized carbons (Fsp3) is 0.444. The molecule has 0 saturated carbocycles. The van der Waals surface area contributed by atoms with Crippen LogP contribution in [-0.2, 0) is 21.3 Å². The van der Waals surface area contributed by atoms with Crippen LogP contribution in [0.3, 0.4) is 0 Å². The Hall–Kier alpha value is -1.87. The molecule has 8 heteroatoms. The van der Waals surface area contributed by atoms with Crippen LogP contribution in [0.1, 0.15) is 18.6 Å². The van der Waals surface area contributed by atoms with E-state index in [1.54, 1.807) is 18.4 Å². The van der Waals surface area contributed by atoms with Crippen molar-refractivity contribution in [3.63, 3.8) is 0 Å². The molecule has 0 bridgehead atoms. The number of nitrogens with two attached hydrogens (primary N) is 1. The average Bonchev–Trinajstić information content (AvgIpc) is 3.28. The molecule has 7 nitrogen and oxygen atoms in total. The molecule has 1 saturated heterocycles. The maximum Gasteiger partial charge on any atom is 0.238 e. The summed E-state index contributed by atoms with van der Waals surface area (Å²) in [7, 11) is -3.68. The number of hydrogen-bond acceptors (Lipinski definition) is 6. The highest BCUT2D eigenvalue weighted by Crippen LogP contribution is 2.17. The minimum Gasteiger partial charge on any atom is -0.492 e. The van der Waals surface area contributed by atoms with Crippen LogP contribution in [0, 0.1) is 0 Å². The molecule has 1 aromatic carbocycles. The molecule has 1 unspecified atom stereocenters. The van der Waals surface area contributed by atoms with Crippen molar-refractivity contribution in [3.8, 4) is 5.75 Å². The fourth-order valence-electron chi connectivity index (χ4n) is 2.95. The Morgan fingerprint density at radius 3 is 2.65 bits per heavy atom. The SMILES string of the molecule is NS(=O)(=O)c1ccc(OCCN(Cc2ccco2)CC2CCCO2)cc1. The smallest absolute Gasteiger partial charge is 0.238 e. The van der Waals surface area contributed by atoms with Crippen molar-refractivity contribution in [2.75, 3.05) is 26.3 Å². The third kappa shape index (κ3) is 5.57. The van der Waals surface area contributed by atoms with E-state index in [9.17, 15) is 8.42 Å². The van der Waals surface area contributed by atoms with E-state index in [0.717, 1.165) is 31.8 Å². The van der Waals surface area contributed by atoms with Gasteiger partial charge in [-0.15, -0.1) is 0 Å². The molecule has 2 N–H and O–H groups in total. The second-order valence-corrected chi connectivity index (χ2v) is 7.88. The maximum absolute atomic E-state index is 11.3. The average molecular weight is 380 g/mol. The van der Waals surface area contributed by atoms with Gasteiger partial charge >= 0.3 is 0 Å². The monoisotopic (exact) mass is 380 g/mol. The number of benzene rings is 1. The van der Waals surface area contributed by atoms with E-state index in [1.165, 1.54) is 12.1 Å². The van der Waals surface area contributed by atoms with Crippen LogP contribution >= 0.6 is 0 Å². The Morgan fingerprint density at radius 1 is 1.23 bits per heavy atom. The minimum atomic E-state index is -3.68. The van der Waals surface area contributed by atoms with Crippen molar-refractivity contribution in [1.82, 2.24) is 4.90 Å². The molecule has 1 aromatic heterocycles. The van der Waals surface area contributed by atoms with Crippen molar-refractivity contribution in [2.45, 2.75) is 30.4 Å². The van der Waals surface area contributed by atoms with Crippen molar-refractivity contribution < 1.29 is 22.3 Å². The van der Waals surface area contributed by atoms with E-state index in [-0.39, 0.29) is 11.0 Å². The van der Waals surface area contributed by atoms with Gasteiger partial charge in [0.05, 0.1) is 23.8 Å². The summed E-state index contributed by atoms with van der Waals surface area (Å²) in [5.41, 5.74) is 0. The Kier molecular flexibility index (Phi) is 6.31. The van der Waals surface area contributed by atoms with Crippen molar-refractivity contribution in [1.29, 1.82) is 0 Å². The van der Waals surface area contributed by atoms with Crippen LogP contribution in [-0.4, -0.2) is 45.7 Å². The molecule has 0 amide bonds. The second-order valence-electron chi connectivity index (χ2n) is 6.31. The van der Waals surface area contributed by atoms with Crippen LogP contribution in [0.5, 0.6) is 5.75 Å². The molecule has 1 atom stereocenters. The molecule has 1 fully saturated rings. The number of sulfonamides is 1. The zero-order valence-electron chi connectivity index (χ0n) is 14.5. The molecule has 142 valence electrons. The molecule has 1 aliphatic heterocycles. The highest BCUT2D eigenvalue weighted by molar-refractivity contribution is 7.89. The summed E-state index contributed by atoms with van der Waals surface area (Å²) in [6.45, 7) is 3.53. The molecule has 2 aromatic rings. The summed E-state index contributed by atoms with van der Waals surface area (Å²) >= 11 is 0. The lowest BCUT2D eigenvalue weighted by molar-refractivity contribution is 0.0629. The number of ether oxygens (including phenoxy) is 2. The summed E-state index contributed by atoms with van der Waals surface area (Å²) < 4.78 is 39.5. The van der Waals surface area contributed by atoms with Gasteiger partial charge in [-0.2, -0.15) is 0 Å². The maximum atomic E-state index is 11.3. The first-order valence-electron chi connectivity index (χ1n) is 8.63. The number of primary sulfonamides is 1. The Balaban J connectivity index is 1.53. The molecular formula is C18H24N2O5S. The van der Waals surface area contributed by atoms with Gasteiger partial charge in [-0.3, -0.25) is 4.90 Å². The van der Waals surface area contributed by atoms with Gasteiger partial charge < -0.3 is 13.9 Å². The van der Waals surface area contributed by atoms with Crippen LogP contribution in [0.4, 0.5) is 0 Å². The third-order valence-electron chi connectivity index (χ3n) is 4.27. The summed E-state index contributed by atoms with van der Waals surface area (Å²) in [6, 6.07) is 9.93. The first-order valence-corrected chi connectivity index (χ1v) is 10.2. The molecule has 26 heavy (non-hydrogen) atoms. The van der Waals surface area contributed by atoms with E-state index < -0.39 is 10.0 Å². The number of rotatable bonds is 9. The Bertz CT molecular complexity index is 768. The summed E-state index contributed by atoms with van der Waals surface area (Å²) in [5, 5.41) is 5.09. The topological polar surface area (TPSA) is 95.0 Å². The lowest BCUT2D eigenvalue weighted by Gasteiger charge is -2.24. The number of furan rings is 1. The highest BCUT2D eigenvalue weighted by Gasteiger charge is 2.20. The lowest BCUT2D eigenvalue weighted by Crippen LogP contribution is -2.34. The lowest BCUT2D eigenvalue weighted by atomic mass is 10.2. The molecule has 0 spiro atoms. The number of nitrogens with zero attached hydrogens (tertiary/aromatic N) is 1. The van der Waals surface area contributed by atoms with E-state index in [1.807, 2.05) is 12.1 Å². The zero-order valence-corrected chi connectivity index (χ0v) is 15.4. The van der Waals surface area contributed by atoms with Crippen molar-refractivity contribution in [3.05, 3.63) is 48.4 Å². The van der Waals surface area contributed by atoms with E-state index in [2.05, 4.69) is 4.90 Å². The Labute approximate surface area is 153 Å². The van der Waals surface area contributed by atoms with Gasteiger partial charge in [-0.05, 0) is 49.2 Å². The van der Waals surface area contributed by atoms with Crippen molar-refractivity contribution >= 4 is 10.0 Å². The molecular weight excluding hydrogens is 356 g/mol. The predicted octanol–water partition coefficient (Wildman–Crippen LogP) is 1.99. The quantitative estimate of drug-likeness (QED) is 0.715. The summed E-state index contributed by atoms with van der Waals surface area (Å²) in [5.74, 6) is 1.51. The van der Waals surface area contributed by atoms with Crippen LogP contribution in [0.2, 0.25) is 0 Å². The van der Waals surface area contributed by atoms with Gasteiger partial charge in [0.15, 0.2) is 0 Å². The molecule has 3 rings (SSSR count). The van der Waals surface area contributed by atoms with Crippen LogP contribution in [0.25, 0.3) is 0 Å². The standard InChI is InChI=1S/C18H24N2O5S/c19-26(21,22)18-7-5-15(6-8-18)25-12-9-20(13-16-3-1-10-23-16)14-17-4-2-11-24-17/h1,3,5-8,10,17H,2,4,9,11-14H2,(H2,19,21,22). The zero-order chi connectivity index (χ0) is 18.4. The fourth-order valence-corrected chi connectivity index (χ4v) is 3.47. The third-order valence-corrected chi connectivity index (χ3v) is 5.20.